The Morgan fingerprint density at radius 1 is 1.50 bits per heavy atom. The first-order chi connectivity index (χ1) is 8.25. The number of terminal acetylenes is 1. The highest BCUT2D eigenvalue weighted by molar-refractivity contribution is 8.14. The van der Waals surface area contributed by atoms with Gasteiger partial charge in [-0.05, 0) is 0 Å². The molecule has 0 aromatic rings. The molecule has 0 spiro atoms. The van der Waals surface area contributed by atoms with Crippen LogP contribution in [-0.2, 0) is 18.5 Å². The summed E-state index contributed by atoms with van der Waals surface area (Å²) in [5.41, 5.74) is 0.0313. The number of hydrogen-bond acceptors (Lipinski definition) is 4. The molecule has 0 saturated carbocycles. The highest BCUT2D eigenvalue weighted by atomic mass is 35.7. The summed E-state index contributed by atoms with van der Waals surface area (Å²) in [5.74, 6) is 2.26. The Balaban J connectivity index is 3.62. The molecule has 0 aliphatic heterocycles. The van der Waals surface area contributed by atoms with E-state index in [0.717, 1.165) is 13.2 Å². The summed E-state index contributed by atoms with van der Waals surface area (Å²) in [5, 5.41) is -1.20. The molecule has 100 valence electrons. The average molecular weight is 332 g/mol. The van der Waals surface area contributed by atoms with Gasteiger partial charge in [-0.2, -0.15) is 0 Å². The molecular weight excluding hydrogens is 323 g/mol. The van der Waals surface area contributed by atoms with Crippen molar-refractivity contribution in [3.63, 3.8) is 0 Å². The molecule has 0 amide bonds. The van der Waals surface area contributed by atoms with Gasteiger partial charge in [0.15, 0.2) is 0 Å². The van der Waals surface area contributed by atoms with Crippen LogP contribution < -0.4 is 0 Å². The molecule has 2 atom stereocenters. The summed E-state index contributed by atoms with van der Waals surface area (Å²) in [6.07, 6.45) is 6.36. The topological polar surface area (TPSA) is 52.6 Å². The smallest absolute Gasteiger partial charge is 0.268 e. The minimum atomic E-state index is -4.22. The van der Waals surface area contributed by atoms with Crippen LogP contribution in [0, 0.1) is 12.3 Å². The standard InChI is InChI=1S/C10H9Cl3O4S/c1-4-6-8(11)7(16-2)5-10(17-3,9(6)12)18(13,14)15/h1,5,9H,2-3H3. The Labute approximate surface area is 120 Å². The molecule has 8 heteroatoms. The fourth-order valence-corrected chi connectivity index (χ4v) is 4.07. The summed E-state index contributed by atoms with van der Waals surface area (Å²) in [7, 11) is 3.61. The second kappa shape index (κ2) is 5.32. The van der Waals surface area contributed by atoms with Crippen molar-refractivity contribution in [1.82, 2.24) is 0 Å². The zero-order chi connectivity index (χ0) is 14.1. The molecule has 0 N–H and O–H groups in total. The van der Waals surface area contributed by atoms with Gasteiger partial charge in [-0.15, -0.1) is 18.0 Å². The van der Waals surface area contributed by atoms with E-state index in [1.807, 2.05) is 0 Å². The van der Waals surface area contributed by atoms with Crippen LogP contribution in [-0.4, -0.2) is 32.9 Å². The molecule has 18 heavy (non-hydrogen) atoms. The fraction of sp³-hybridized carbons (Fsp3) is 0.400. The van der Waals surface area contributed by atoms with Crippen molar-refractivity contribution in [2.24, 2.45) is 0 Å². The van der Waals surface area contributed by atoms with E-state index in [4.69, 9.17) is 49.8 Å². The lowest BCUT2D eigenvalue weighted by molar-refractivity contribution is 0.101. The largest absolute Gasteiger partial charge is 0.495 e. The van der Waals surface area contributed by atoms with Crippen molar-refractivity contribution in [3.8, 4) is 12.3 Å². The normalized spacial score (nSPS) is 28.7. The lowest BCUT2D eigenvalue weighted by Crippen LogP contribution is -2.47. The SMILES string of the molecule is C#CC1=C(Cl)C(OC)=CC(OC)(S(=O)(=O)Cl)C1Cl. The van der Waals surface area contributed by atoms with Gasteiger partial charge >= 0.3 is 0 Å². The van der Waals surface area contributed by atoms with Crippen molar-refractivity contribution in [2.45, 2.75) is 10.3 Å². The second-order valence-corrected chi connectivity index (χ2v) is 6.86. The molecule has 0 aromatic heterocycles. The molecule has 0 heterocycles. The van der Waals surface area contributed by atoms with Gasteiger partial charge in [0, 0.05) is 29.4 Å². The number of hydrogen-bond donors (Lipinski definition) is 0. The van der Waals surface area contributed by atoms with Crippen LogP contribution in [0.1, 0.15) is 0 Å². The van der Waals surface area contributed by atoms with Gasteiger partial charge in [0.1, 0.15) is 11.1 Å². The summed E-state index contributed by atoms with van der Waals surface area (Å²) in [6.45, 7) is 0. The Morgan fingerprint density at radius 2 is 2.06 bits per heavy atom. The number of allylic oxidation sites excluding steroid dienone is 1. The summed E-state index contributed by atoms with van der Waals surface area (Å²) < 4.78 is 33.3. The molecule has 1 rings (SSSR count). The van der Waals surface area contributed by atoms with E-state index in [2.05, 4.69) is 5.92 Å². The van der Waals surface area contributed by atoms with Gasteiger partial charge in [-0.3, -0.25) is 0 Å². The van der Waals surface area contributed by atoms with Gasteiger partial charge in [0.05, 0.1) is 12.1 Å². The zero-order valence-electron chi connectivity index (χ0n) is 9.41. The molecular formula is C10H9Cl3O4S. The molecule has 1 aliphatic rings. The Morgan fingerprint density at radius 3 is 2.39 bits per heavy atom. The van der Waals surface area contributed by atoms with Crippen LogP contribution >= 0.6 is 33.9 Å². The maximum atomic E-state index is 11.7. The minimum absolute atomic E-state index is 0.0313. The third-order valence-corrected chi connectivity index (χ3v) is 5.53. The van der Waals surface area contributed by atoms with Crippen LogP contribution in [0.2, 0.25) is 0 Å². The van der Waals surface area contributed by atoms with E-state index < -0.39 is 19.4 Å². The van der Waals surface area contributed by atoms with Gasteiger partial charge in [-0.1, -0.05) is 17.5 Å². The Hall–Kier alpha value is -0.380. The first kappa shape index (κ1) is 15.7. The van der Waals surface area contributed by atoms with Gasteiger partial charge in [0.2, 0.25) is 4.93 Å². The van der Waals surface area contributed by atoms with Crippen LogP contribution in [0.15, 0.2) is 22.4 Å². The zero-order valence-corrected chi connectivity index (χ0v) is 12.5. The lowest BCUT2D eigenvalue weighted by atomic mass is 10.0. The number of rotatable bonds is 3. The summed E-state index contributed by atoms with van der Waals surface area (Å²) in [4.78, 5) is -2.03. The summed E-state index contributed by atoms with van der Waals surface area (Å²) in [6, 6.07) is 0. The van der Waals surface area contributed by atoms with Crippen molar-refractivity contribution in [2.75, 3.05) is 14.2 Å². The quantitative estimate of drug-likeness (QED) is 0.452. The van der Waals surface area contributed by atoms with E-state index in [9.17, 15) is 8.42 Å². The van der Waals surface area contributed by atoms with Gasteiger partial charge in [0.25, 0.3) is 9.05 Å². The van der Waals surface area contributed by atoms with E-state index in [1.54, 1.807) is 0 Å². The van der Waals surface area contributed by atoms with Gasteiger partial charge in [-0.25, -0.2) is 8.42 Å². The van der Waals surface area contributed by atoms with Crippen molar-refractivity contribution >= 4 is 42.9 Å². The highest BCUT2D eigenvalue weighted by Crippen LogP contribution is 2.43. The number of methoxy groups -OCH3 is 2. The van der Waals surface area contributed by atoms with Crippen LogP contribution in [0.4, 0.5) is 0 Å². The summed E-state index contributed by atoms with van der Waals surface area (Å²) >= 11 is 12.0. The fourth-order valence-electron chi connectivity index (χ4n) is 1.51. The minimum Gasteiger partial charge on any atom is -0.495 e. The Bertz CT molecular complexity index is 558. The van der Waals surface area contributed by atoms with E-state index in [-0.39, 0.29) is 16.4 Å². The molecule has 1 aliphatic carbocycles. The van der Waals surface area contributed by atoms with E-state index in [0.29, 0.717) is 0 Å². The lowest BCUT2D eigenvalue weighted by Gasteiger charge is -2.34. The maximum absolute atomic E-state index is 11.7. The first-order valence-corrected chi connectivity index (χ1v) is 7.64. The van der Waals surface area contributed by atoms with Crippen LogP contribution in [0.25, 0.3) is 0 Å². The van der Waals surface area contributed by atoms with Crippen molar-refractivity contribution in [1.29, 1.82) is 0 Å². The maximum Gasteiger partial charge on any atom is 0.268 e. The molecule has 0 aromatic carbocycles. The first-order valence-electron chi connectivity index (χ1n) is 4.52. The van der Waals surface area contributed by atoms with Crippen molar-refractivity contribution < 1.29 is 17.9 Å². The highest BCUT2D eigenvalue weighted by Gasteiger charge is 2.53. The second-order valence-electron chi connectivity index (χ2n) is 3.31. The van der Waals surface area contributed by atoms with Gasteiger partial charge < -0.3 is 9.47 Å². The average Bonchev–Trinajstić information content (AvgIpc) is 2.29. The molecule has 2 unspecified atom stereocenters. The molecule has 0 saturated heterocycles. The van der Waals surface area contributed by atoms with Crippen molar-refractivity contribution in [3.05, 3.63) is 22.4 Å². The molecule has 0 fully saturated rings. The predicted octanol–water partition coefficient (Wildman–Crippen LogP) is 2.18. The van der Waals surface area contributed by atoms with Crippen LogP contribution in [0.3, 0.4) is 0 Å². The van der Waals surface area contributed by atoms with Crippen LogP contribution in [0.5, 0.6) is 0 Å². The molecule has 4 nitrogen and oxygen atoms in total. The number of ether oxygens (including phenoxy) is 2. The third-order valence-electron chi connectivity index (χ3n) is 2.47. The molecule has 0 bridgehead atoms. The van der Waals surface area contributed by atoms with E-state index in [1.165, 1.54) is 7.11 Å². The molecule has 0 radical (unpaired) electrons. The predicted molar refractivity (Wildman–Crippen MR) is 71.0 cm³/mol. The number of halogens is 3. The monoisotopic (exact) mass is 330 g/mol. The third kappa shape index (κ3) is 2.24. The Kier molecular flexibility index (Phi) is 4.63. The number of alkyl halides is 1. The van der Waals surface area contributed by atoms with E-state index >= 15 is 0 Å².